The molecule has 0 aliphatic heterocycles. The number of benzene rings is 4. The van der Waals surface area contributed by atoms with Crippen molar-refractivity contribution in [3.63, 3.8) is 0 Å². The number of nitrogens with one attached hydrogen (secondary N) is 2. The third-order valence-corrected chi connectivity index (χ3v) is 6.31. The molecule has 34 heavy (non-hydrogen) atoms. The number of esters is 1. The van der Waals surface area contributed by atoms with E-state index in [0.717, 1.165) is 27.7 Å². The van der Waals surface area contributed by atoms with Crippen molar-refractivity contribution in [3.05, 3.63) is 84.1 Å². The van der Waals surface area contributed by atoms with Gasteiger partial charge in [0.15, 0.2) is 5.96 Å². The summed E-state index contributed by atoms with van der Waals surface area (Å²) in [6.45, 7) is 2.33. The molecular weight excluding hydrogens is 424 g/mol. The van der Waals surface area contributed by atoms with E-state index in [2.05, 4.69) is 72.0 Å². The zero-order valence-corrected chi connectivity index (χ0v) is 19.2. The predicted octanol–water partition coefficient (Wildman–Crippen LogP) is 5.31. The number of guanidine groups is 1. The second-order valence-electron chi connectivity index (χ2n) is 8.29. The van der Waals surface area contributed by atoms with Crippen molar-refractivity contribution < 1.29 is 9.53 Å². The minimum atomic E-state index is -0.378. The predicted molar refractivity (Wildman–Crippen MR) is 138 cm³/mol. The van der Waals surface area contributed by atoms with E-state index >= 15 is 0 Å². The third-order valence-electron chi connectivity index (χ3n) is 6.31. The van der Waals surface area contributed by atoms with Gasteiger partial charge in [0.25, 0.3) is 0 Å². The Morgan fingerprint density at radius 3 is 2.24 bits per heavy atom. The Bertz CT molecular complexity index is 1530. The van der Waals surface area contributed by atoms with Crippen LogP contribution in [0, 0.1) is 5.41 Å². The number of nitrogens with two attached hydrogens (primary N) is 1. The summed E-state index contributed by atoms with van der Waals surface area (Å²) in [6.07, 6.45) is 0. The number of fused-ring (bicyclic) bond motifs is 3. The van der Waals surface area contributed by atoms with Crippen molar-refractivity contribution in [2.24, 2.45) is 12.8 Å². The number of aryl methyl sites for hydroxylation is 1. The van der Waals surface area contributed by atoms with E-state index in [1.54, 1.807) is 6.92 Å². The Morgan fingerprint density at radius 1 is 0.971 bits per heavy atom. The molecule has 0 amide bonds. The van der Waals surface area contributed by atoms with Crippen LogP contribution < -0.4 is 11.1 Å². The standard InChI is InChI=1S/C28H26N4O2/c1-3-34-27(33)26-22-13-12-19(15-23(22)32(2)24(26)16-31-28(29)30)25-20-10-6-4-8-17(20)14-18-9-5-7-11-21(18)25/h4-15H,3,16H2,1-2H3,(H4,29,30,31). The zero-order valence-electron chi connectivity index (χ0n) is 19.2. The highest BCUT2D eigenvalue weighted by atomic mass is 16.5. The first-order valence-corrected chi connectivity index (χ1v) is 11.3. The number of ether oxygens (including phenoxy) is 1. The van der Waals surface area contributed by atoms with Crippen LogP contribution in [0.3, 0.4) is 0 Å². The molecule has 5 aromatic rings. The molecule has 0 atom stereocenters. The molecule has 0 aliphatic carbocycles. The molecule has 0 spiro atoms. The molecule has 0 unspecified atom stereocenters. The van der Waals surface area contributed by atoms with Crippen molar-refractivity contribution in [3.8, 4) is 11.1 Å². The topological polar surface area (TPSA) is 93.1 Å². The van der Waals surface area contributed by atoms with E-state index < -0.39 is 0 Å². The summed E-state index contributed by atoms with van der Waals surface area (Å²) in [5.74, 6) is -0.528. The second-order valence-corrected chi connectivity index (χ2v) is 8.29. The second kappa shape index (κ2) is 8.56. The van der Waals surface area contributed by atoms with Gasteiger partial charge in [-0.2, -0.15) is 0 Å². The maximum Gasteiger partial charge on any atom is 0.340 e. The van der Waals surface area contributed by atoms with Crippen LogP contribution in [-0.4, -0.2) is 23.1 Å². The Balaban J connectivity index is 1.79. The first-order chi connectivity index (χ1) is 16.5. The molecule has 0 bridgehead atoms. The van der Waals surface area contributed by atoms with Crippen LogP contribution in [0.2, 0.25) is 0 Å². The summed E-state index contributed by atoms with van der Waals surface area (Å²) in [4.78, 5) is 12.9. The quantitative estimate of drug-likeness (QED) is 0.146. The lowest BCUT2D eigenvalue weighted by Gasteiger charge is -2.13. The van der Waals surface area contributed by atoms with Crippen molar-refractivity contribution >= 4 is 44.4 Å². The van der Waals surface area contributed by atoms with E-state index in [4.69, 9.17) is 15.9 Å². The highest BCUT2D eigenvalue weighted by molar-refractivity contribution is 6.14. The van der Waals surface area contributed by atoms with Crippen LogP contribution in [0.25, 0.3) is 43.6 Å². The van der Waals surface area contributed by atoms with Crippen molar-refractivity contribution in [2.75, 3.05) is 6.61 Å². The smallest absolute Gasteiger partial charge is 0.340 e. The van der Waals surface area contributed by atoms with E-state index in [1.165, 1.54) is 21.5 Å². The fraction of sp³-hybridized carbons (Fsp3) is 0.143. The number of hydrogen-bond acceptors (Lipinski definition) is 3. The largest absolute Gasteiger partial charge is 0.462 e. The summed E-state index contributed by atoms with van der Waals surface area (Å²) in [6, 6.07) is 25.2. The zero-order chi connectivity index (χ0) is 23.8. The summed E-state index contributed by atoms with van der Waals surface area (Å²) in [7, 11) is 1.92. The molecule has 4 N–H and O–H groups in total. The maximum absolute atomic E-state index is 12.9. The number of carbonyl (C=O) groups is 1. The van der Waals surface area contributed by atoms with Gasteiger partial charge in [-0.15, -0.1) is 0 Å². The number of aromatic nitrogens is 1. The van der Waals surface area contributed by atoms with Gasteiger partial charge in [0, 0.05) is 18.0 Å². The monoisotopic (exact) mass is 450 g/mol. The van der Waals surface area contributed by atoms with E-state index in [9.17, 15) is 4.79 Å². The highest BCUT2D eigenvalue weighted by Crippen LogP contribution is 2.38. The number of carbonyl (C=O) groups excluding carboxylic acids is 1. The third kappa shape index (κ3) is 3.53. The molecule has 0 radical (unpaired) electrons. The van der Waals surface area contributed by atoms with Gasteiger partial charge in [-0.25, -0.2) is 4.79 Å². The molecular formula is C28H26N4O2. The average Bonchev–Trinajstić information content (AvgIpc) is 3.12. The number of hydrogen-bond donors (Lipinski definition) is 3. The van der Waals surface area contributed by atoms with Gasteiger partial charge >= 0.3 is 5.97 Å². The van der Waals surface area contributed by atoms with Gasteiger partial charge in [0.1, 0.15) is 0 Å². The van der Waals surface area contributed by atoms with Crippen LogP contribution >= 0.6 is 0 Å². The number of nitrogens with zero attached hydrogens (tertiary/aromatic N) is 1. The molecule has 1 aromatic heterocycles. The van der Waals surface area contributed by atoms with E-state index in [-0.39, 0.29) is 25.1 Å². The SMILES string of the molecule is CCOC(=O)c1c(CNC(=N)N)n(C)c2cc(-c3c4ccccc4cc4ccccc34)ccc12. The summed E-state index contributed by atoms with van der Waals surface area (Å²) in [5, 5.41) is 15.9. The van der Waals surface area contributed by atoms with Gasteiger partial charge < -0.3 is 20.4 Å². The minimum Gasteiger partial charge on any atom is -0.462 e. The van der Waals surface area contributed by atoms with Gasteiger partial charge in [-0.05, 0) is 51.7 Å². The van der Waals surface area contributed by atoms with Crippen LogP contribution in [0.5, 0.6) is 0 Å². The molecule has 0 aliphatic rings. The lowest BCUT2D eigenvalue weighted by atomic mass is 9.91. The molecule has 0 saturated carbocycles. The van der Waals surface area contributed by atoms with Gasteiger partial charge in [0.2, 0.25) is 0 Å². The van der Waals surface area contributed by atoms with Crippen LogP contribution in [0.1, 0.15) is 23.0 Å². The molecule has 6 nitrogen and oxygen atoms in total. The molecule has 1 heterocycles. The highest BCUT2D eigenvalue weighted by Gasteiger charge is 2.23. The first-order valence-electron chi connectivity index (χ1n) is 11.3. The first kappa shape index (κ1) is 21.5. The summed E-state index contributed by atoms with van der Waals surface area (Å²) < 4.78 is 7.34. The molecule has 0 saturated heterocycles. The summed E-state index contributed by atoms with van der Waals surface area (Å²) in [5.41, 5.74) is 9.90. The van der Waals surface area contributed by atoms with Gasteiger partial charge in [0.05, 0.1) is 24.4 Å². The van der Waals surface area contributed by atoms with E-state index in [0.29, 0.717) is 5.56 Å². The maximum atomic E-state index is 12.9. The van der Waals surface area contributed by atoms with Crippen molar-refractivity contribution in [2.45, 2.75) is 13.5 Å². The van der Waals surface area contributed by atoms with Gasteiger partial charge in [-0.3, -0.25) is 5.41 Å². The lowest BCUT2D eigenvalue weighted by molar-refractivity contribution is 0.0527. The van der Waals surface area contributed by atoms with Crippen molar-refractivity contribution in [1.29, 1.82) is 5.41 Å². The van der Waals surface area contributed by atoms with E-state index in [1.807, 2.05) is 17.7 Å². The molecule has 6 heteroatoms. The lowest BCUT2D eigenvalue weighted by Crippen LogP contribution is -2.31. The Hall–Kier alpha value is -4.32. The Labute approximate surface area is 197 Å². The van der Waals surface area contributed by atoms with Crippen molar-refractivity contribution in [1.82, 2.24) is 9.88 Å². The average molecular weight is 451 g/mol. The fourth-order valence-corrected chi connectivity index (χ4v) is 4.79. The molecule has 4 aromatic carbocycles. The number of rotatable bonds is 5. The Morgan fingerprint density at radius 2 is 1.62 bits per heavy atom. The van der Waals surface area contributed by atoms with Gasteiger partial charge in [-0.1, -0.05) is 60.7 Å². The summed E-state index contributed by atoms with van der Waals surface area (Å²) >= 11 is 0. The molecule has 170 valence electrons. The van der Waals surface area contributed by atoms with Crippen LogP contribution in [0.15, 0.2) is 72.8 Å². The normalized spacial score (nSPS) is 11.2. The molecule has 0 fully saturated rings. The van der Waals surface area contributed by atoms with Crippen LogP contribution in [-0.2, 0) is 18.3 Å². The minimum absolute atomic E-state index is 0.150. The van der Waals surface area contributed by atoms with Crippen LogP contribution in [0.4, 0.5) is 0 Å². The fourth-order valence-electron chi connectivity index (χ4n) is 4.79. The Kier molecular flexibility index (Phi) is 5.42. The molecule has 5 rings (SSSR count).